The van der Waals surface area contributed by atoms with Gasteiger partial charge in [0.15, 0.2) is 0 Å². The lowest BCUT2D eigenvalue weighted by molar-refractivity contribution is 0.0931. The summed E-state index contributed by atoms with van der Waals surface area (Å²) in [5.41, 5.74) is 3.75. The van der Waals surface area contributed by atoms with Gasteiger partial charge in [-0.05, 0) is 42.7 Å². The SMILES string of the molecule is CC[C@@H](NC(=O)c1cc(Cl)ccc1OCc1ccccc1)c1ccc(C)cc1. The van der Waals surface area contributed by atoms with E-state index in [0.717, 1.165) is 17.5 Å². The number of benzene rings is 3. The highest BCUT2D eigenvalue weighted by Gasteiger charge is 2.18. The monoisotopic (exact) mass is 393 g/mol. The van der Waals surface area contributed by atoms with Gasteiger partial charge in [0.25, 0.3) is 5.91 Å². The van der Waals surface area contributed by atoms with Gasteiger partial charge in [0.05, 0.1) is 11.6 Å². The Morgan fingerprint density at radius 2 is 1.75 bits per heavy atom. The molecule has 1 amide bonds. The maximum atomic E-state index is 13.0. The van der Waals surface area contributed by atoms with Crippen molar-refractivity contribution in [3.05, 3.63) is 100 Å². The summed E-state index contributed by atoms with van der Waals surface area (Å²) in [6.45, 7) is 4.49. The van der Waals surface area contributed by atoms with Crippen molar-refractivity contribution in [3.63, 3.8) is 0 Å². The third-order valence-electron chi connectivity index (χ3n) is 4.62. The Morgan fingerprint density at radius 3 is 2.43 bits per heavy atom. The number of aryl methyl sites for hydroxylation is 1. The molecule has 0 unspecified atom stereocenters. The summed E-state index contributed by atoms with van der Waals surface area (Å²) < 4.78 is 5.92. The number of carbonyl (C=O) groups excluding carboxylic acids is 1. The van der Waals surface area contributed by atoms with E-state index in [4.69, 9.17) is 16.3 Å². The molecule has 1 N–H and O–H groups in total. The normalized spacial score (nSPS) is 11.7. The number of rotatable bonds is 7. The van der Waals surface area contributed by atoms with E-state index in [0.29, 0.717) is 22.9 Å². The van der Waals surface area contributed by atoms with E-state index in [2.05, 4.69) is 36.5 Å². The fourth-order valence-electron chi connectivity index (χ4n) is 3.00. The average molecular weight is 394 g/mol. The van der Waals surface area contributed by atoms with Crippen LogP contribution < -0.4 is 10.1 Å². The standard InChI is InChI=1S/C24H24ClNO2/c1-3-22(19-11-9-17(2)10-12-19)26-24(27)21-15-20(25)13-14-23(21)28-16-18-7-5-4-6-8-18/h4-15,22H,3,16H2,1-2H3,(H,26,27)/t22-/m1/s1. The number of amides is 1. The van der Waals surface area contributed by atoms with E-state index in [1.54, 1.807) is 18.2 Å². The molecule has 0 bridgehead atoms. The molecule has 0 heterocycles. The molecule has 3 aromatic carbocycles. The summed E-state index contributed by atoms with van der Waals surface area (Å²) in [5, 5.41) is 3.61. The summed E-state index contributed by atoms with van der Waals surface area (Å²) >= 11 is 6.15. The Balaban J connectivity index is 1.78. The molecule has 3 aromatic rings. The predicted molar refractivity (Wildman–Crippen MR) is 114 cm³/mol. The number of nitrogens with one attached hydrogen (secondary N) is 1. The summed E-state index contributed by atoms with van der Waals surface area (Å²) in [6, 6.07) is 23.1. The molecule has 28 heavy (non-hydrogen) atoms. The van der Waals surface area contributed by atoms with E-state index >= 15 is 0 Å². The van der Waals surface area contributed by atoms with Crippen LogP contribution in [0.25, 0.3) is 0 Å². The van der Waals surface area contributed by atoms with Crippen molar-refractivity contribution >= 4 is 17.5 Å². The average Bonchev–Trinajstić information content (AvgIpc) is 2.72. The smallest absolute Gasteiger partial charge is 0.255 e. The molecule has 0 aliphatic rings. The Kier molecular flexibility index (Phi) is 6.72. The second kappa shape index (κ2) is 9.43. The van der Waals surface area contributed by atoms with Crippen molar-refractivity contribution < 1.29 is 9.53 Å². The van der Waals surface area contributed by atoms with Gasteiger partial charge in [-0.25, -0.2) is 0 Å². The van der Waals surface area contributed by atoms with Crippen LogP contribution in [-0.4, -0.2) is 5.91 Å². The first-order chi connectivity index (χ1) is 13.6. The molecule has 0 aliphatic heterocycles. The van der Waals surface area contributed by atoms with Crippen LogP contribution in [0.2, 0.25) is 5.02 Å². The molecule has 0 fully saturated rings. The molecule has 0 radical (unpaired) electrons. The van der Waals surface area contributed by atoms with Gasteiger partial charge in [-0.1, -0.05) is 78.7 Å². The van der Waals surface area contributed by atoms with Gasteiger partial charge >= 0.3 is 0 Å². The minimum atomic E-state index is -0.196. The van der Waals surface area contributed by atoms with Gasteiger partial charge < -0.3 is 10.1 Å². The zero-order valence-corrected chi connectivity index (χ0v) is 16.9. The molecular weight excluding hydrogens is 370 g/mol. The van der Waals surface area contributed by atoms with E-state index in [1.165, 1.54) is 5.56 Å². The zero-order chi connectivity index (χ0) is 19.9. The first-order valence-electron chi connectivity index (χ1n) is 9.40. The zero-order valence-electron chi connectivity index (χ0n) is 16.1. The number of ether oxygens (including phenoxy) is 1. The fraction of sp³-hybridized carbons (Fsp3) is 0.208. The van der Waals surface area contributed by atoms with Gasteiger partial charge in [0.1, 0.15) is 12.4 Å². The van der Waals surface area contributed by atoms with E-state index in [9.17, 15) is 4.79 Å². The van der Waals surface area contributed by atoms with E-state index in [1.807, 2.05) is 37.3 Å². The maximum Gasteiger partial charge on any atom is 0.255 e. The minimum absolute atomic E-state index is 0.0749. The third kappa shape index (κ3) is 5.14. The van der Waals surface area contributed by atoms with Crippen molar-refractivity contribution in [3.8, 4) is 5.75 Å². The molecule has 0 aliphatic carbocycles. The third-order valence-corrected chi connectivity index (χ3v) is 4.85. The molecule has 0 saturated heterocycles. The van der Waals surface area contributed by atoms with Gasteiger partial charge in [-0.2, -0.15) is 0 Å². The van der Waals surface area contributed by atoms with E-state index in [-0.39, 0.29) is 11.9 Å². The van der Waals surface area contributed by atoms with Crippen LogP contribution in [0.4, 0.5) is 0 Å². The quantitative estimate of drug-likeness (QED) is 0.526. The second-order valence-corrected chi connectivity index (χ2v) is 7.20. The molecular formula is C24H24ClNO2. The summed E-state index contributed by atoms with van der Waals surface area (Å²) in [4.78, 5) is 13.0. The topological polar surface area (TPSA) is 38.3 Å². The number of hydrogen-bond acceptors (Lipinski definition) is 2. The second-order valence-electron chi connectivity index (χ2n) is 6.76. The van der Waals surface area contributed by atoms with Crippen molar-refractivity contribution in [1.29, 1.82) is 0 Å². The Morgan fingerprint density at radius 1 is 1.04 bits per heavy atom. The van der Waals surface area contributed by atoms with Gasteiger partial charge in [-0.15, -0.1) is 0 Å². The summed E-state index contributed by atoms with van der Waals surface area (Å²) in [5.74, 6) is 0.322. The minimum Gasteiger partial charge on any atom is -0.488 e. The first kappa shape index (κ1) is 20.0. The molecule has 3 nitrogen and oxygen atoms in total. The van der Waals surface area contributed by atoms with E-state index < -0.39 is 0 Å². The van der Waals surface area contributed by atoms with Crippen molar-refractivity contribution in [2.75, 3.05) is 0 Å². The Hall–Kier alpha value is -2.78. The van der Waals surface area contributed by atoms with Gasteiger partial charge in [0, 0.05) is 5.02 Å². The van der Waals surface area contributed by atoms with Crippen molar-refractivity contribution in [1.82, 2.24) is 5.32 Å². The molecule has 144 valence electrons. The first-order valence-corrected chi connectivity index (χ1v) is 9.78. The Labute approximate surface area is 171 Å². The van der Waals surface area contributed by atoms with Crippen LogP contribution in [0.1, 0.15) is 46.4 Å². The van der Waals surface area contributed by atoms with Crippen molar-refractivity contribution in [2.45, 2.75) is 32.9 Å². The van der Waals surface area contributed by atoms with Gasteiger partial charge in [-0.3, -0.25) is 4.79 Å². The highest BCUT2D eigenvalue weighted by molar-refractivity contribution is 6.31. The molecule has 1 atom stereocenters. The maximum absolute atomic E-state index is 13.0. The van der Waals surface area contributed by atoms with Crippen LogP contribution in [0.15, 0.2) is 72.8 Å². The lowest BCUT2D eigenvalue weighted by Crippen LogP contribution is -2.28. The largest absolute Gasteiger partial charge is 0.488 e. The lowest BCUT2D eigenvalue weighted by atomic mass is 10.0. The highest BCUT2D eigenvalue weighted by atomic mass is 35.5. The predicted octanol–water partition coefficient (Wildman–Crippen LogP) is 6.11. The van der Waals surface area contributed by atoms with Crippen LogP contribution in [0.5, 0.6) is 5.75 Å². The highest BCUT2D eigenvalue weighted by Crippen LogP contribution is 2.26. The van der Waals surface area contributed by atoms with Crippen LogP contribution in [0.3, 0.4) is 0 Å². The van der Waals surface area contributed by atoms with Gasteiger partial charge in [0.2, 0.25) is 0 Å². The number of hydrogen-bond donors (Lipinski definition) is 1. The summed E-state index contributed by atoms with van der Waals surface area (Å²) in [7, 11) is 0. The number of carbonyl (C=O) groups is 1. The molecule has 0 aromatic heterocycles. The van der Waals surface area contributed by atoms with Crippen LogP contribution >= 0.6 is 11.6 Å². The molecule has 0 saturated carbocycles. The fourth-order valence-corrected chi connectivity index (χ4v) is 3.17. The molecule has 3 rings (SSSR count). The molecule has 4 heteroatoms. The Bertz CT molecular complexity index is 923. The number of halogens is 1. The summed E-state index contributed by atoms with van der Waals surface area (Å²) in [6.07, 6.45) is 0.787. The lowest BCUT2D eigenvalue weighted by Gasteiger charge is -2.19. The van der Waals surface area contributed by atoms with Crippen LogP contribution in [0, 0.1) is 6.92 Å². The molecule has 0 spiro atoms. The van der Waals surface area contributed by atoms with Crippen LogP contribution in [-0.2, 0) is 6.61 Å². The van der Waals surface area contributed by atoms with Crippen molar-refractivity contribution in [2.24, 2.45) is 0 Å².